The van der Waals surface area contributed by atoms with E-state index in [9.17, 15) is 0 Å². The topological polar surface area (TPSA) is 62.3 Å². The van der Waals surface area contributed by atoms with Gasteiger partial charge in [-0.3, -0.25) is 4.68 Å². The molecule has 2 rings (SSSR count). The quantitative estimate of drug-likeness (QED) is 0.901. The van der Waals surface area contributed by atoms with Gasteiger partial charge in [-0.2, -0.15) is 5.10 Å². The lowest BCUT2D eigenvalue weighted by Gasteiger charge is -2.12. The van der Waals surface area contributed by atoms with Crippen LogP contribution in [-0.4, -0.2) is 24.0 Å². The number of anilines is 1. The van der Waals surface area contributed by atoms with Crippen LogP contribution < -0.4 is 15.2 Å². The molecule has 2 aromatic rings. The van der Waals surface area contributed by atoms with Gasteiger partial charge in [0.05, 0.1) is 14.2 Å². The molecule has 0 radical (unpaired) electrons. The third-order valence-corrected chi connectivity index (χ3v) is 2.88. The van der Waals surface area contributed by atoms with Gasteiger partial charge in [-0.15, -0.1) is 0 Å². The first kappa shape index (κ1) is 12.3. The van der Waals surface area contributed by atoms with E-state index in [0.29, 0.717) is 17.3 Å². The summed E-state index contributed by atoms with van der Waals surface area (Å²) in [7, 11) is 5.08. The van der Waals surface area contributed by atoms with E-state index < -0.39 is 0 Å². The minimum absolute atomic E-state index is 0.507. The number of aromatic nitrogens is 2. The Bertz CT molecular complexity index is 576. The van der Waals surface area contributed by atoms with E-state index in [-0.39, 0.29) is 0 Å². The van der Waals surface area contributed by atoms with Gasteiger partial charge >= 0.3 is 0 Å². The van der Waals surface area contributed by atoms with E-state index >= 15 is 0 Å². The van der Waals surface area contributed by atoms with Crippen LogP contribution in [0.1, 0.15) is 5.56 Å². The van der Waals surface area contributed by atoms with Gasteiger partial charge in [-0.25, -0.2) is 0 Å². The lowest BCUT2D eigenvalue weighted by atomic mass is 10.0. The van der Waals surface area contributed by atoms with Crippen LogP contribution in [0.4, 0.5) is 5.82 Å². The Labute approximate surface area is 106 Å². The van der Waals surface area contributed by atoms with Crippen molar-refractivity contribution in [2.24, 2.45) is 7.05 Å². The highest BCUT2D eigenvalue weighted by Gasteiger charge is 2.14. The largest absolute Gasteiger partial charge is 0.493 e. The Morgan fingerprint density at radius 1 is 1.11 bits per heavy atom. The number of nitrogens with zero attached hydrogens (tertiary/aromatic N) is 2. The van der Waals surface area contributed by atoms with Crippen LogP contribution in [0.2, 0.25) is 0 Å². The monoisotopic (exact) mass is 247 g/mol. The molecule has 0 atom stereocenters. The molecule has 96 valence electrons. The number of benzene rings is 1. The van der Waals surface area contributed by atoms with Gasteiger partial charge in [-0.05, 0) is 30.2 Å². The standard InChI is InChI=1S/C13H17N3O2/c1-8-5-11(17-3)12(18-4)6-9(8)10-7-16(2)15-13(10)14/h5-7H,1-4H3,(H2,14,15). The smallest absolute Gasteiger partial charge is 0.161 e. The Balaban J connectivity index is 2.61. The summed E-state index contributed by atoms with van der Waals surface area (Å²) in [6.45, 7) is 2.00. The van der Waals surface area contributed by atoms with Crippen molar-refractivity contribution >= 4 is 5.82 Å². The number of nitrogen functional groups attached to an aromatic ring is 1. The van der Waals surface area contributed by atoms with Crippen molar-refractivity contribution in [1.82, 2.24) is 9.78 Å². The summed E-state index contributed by atoms with van der Waals surface area (Å²) in [5, 5.41) is 4.15. The number of hydrogen-bond donors (Lipinski definition) is 1. The highest BCUT2D eigenvalue weighted by atomic mass is 16.5. The summed E-state index contributed by atoms with van der Waals surface area (Å²) in [4.78, 5) is 0. The molecule has 0 aliphatic heterocycles. The maximum absolute atomic E-state index is 5.90. The average molecular weight is 247 g/mol. The fourth-order valence-corrected chi connectivity index (χ4v) is 1.98. The molecule has 2 N–H and O–H groups in total. The molecule has 0 aliphatic rings. The van der Waals surface area contributed by atoms with Crippen LogP contribution in [0, 0.1) is 6.92 Å². The number of aryl methyl sites for hydroxylation is 2. The van der Waals surface area contributed by atoms with E-state index in [1.165, 1.54) is 0 Å². The van der Waals surface area contributed by atoms with Crippen LogP contribution in [-0.2, 0) is 7.05 Å². The predicted molar refractivity (Wildman–Crippen MR) is 70.9 cm³/mol. The van der Waals surface area contributed by atoms with E-state index in [1.54, 1.807) is 18.9 Å². The molecule has 1 aromatic heterocycles. The number of ether oxygens (including phenoxy) is 2. The maximum Gasteiger partial charge on any atom is 0.161 e. The minimum atomic E-state index is 0.507. The van der Waals surface area contributed by atoms with E-state index in [1.807, 2.05) is 32.3 Å². The zero-order valence-corrected chi connectivity index (χ0v) is 11.0. The first-order chi connectivity index (χ1) is 8.56. The first-order valence-corrected chi connectivity index (χ1v) is 5.59. The molecule has 0 bridgehead atoms. The summed E-state index contributed by atoms with van der Waals surface area (Å²) < 4.78 is 12.3. The summed E-state index contributed by atoms with van der Waals surface area (Å²) in [6.07, 6.45) is 1.89. The lowest BCUT2D eigenvalue weighted by molar-refractivity contribution is 0.355. The lowest BCUT2D eigenvalue weighted by Crippen LogP contribution is -1.94. The minimum Gasteiger partial charge on any atom is -0.493 e. The van der Waals surface area contributed by atoms with Gasteiger partial charge in [0.15, 0.2) is 17.3 Å². The van der Waals surface area contributed by atoms with Crippen molar-refractivity contribution in [1.29, 1.82) is 0 Å². The molecule has 0 fully saturated rings. The Hall–Kier alpha value is -2.17. The van der Waals surface area contributed by atoms with E-state index in [2.05, 4.69) is 5.10 Å². The molecule has 0 amide bonds. The number of nitrogens with two attached hydrogens (primary N) is 1. The van der Waals surface area contributed by atoms with Crippen LogP contribution in [0.25, 0.3) is 11.1 Å². The highest BCUT2D eigenvalue weighted by Crippen LogP contribution is 2.36. The normalized spacial score (nSPS) is 10.4. The van der Waals surface area contributed by atoms with Crippen molar-refractivity contribution in [2.45, 2.75) is 6.92 Å². The van der Waals surface area contributed by atoms with Gasteiger partial charge < -0.3 is 15.2 Å². The molecule has 1 heterocycles. The van der Waals surface area contributed by atoms with Crippen LogP contribution in [0.15, 0.2) is 18.3 Å². The third-order valence-electron chi connectivity index (χ3n) is 2.88. The van der Waals surface area contributed by atoms with Crippen molar-refractivity contribution in [2.75, 3.05) is 20.0 Å². The molecular formula is C13H17N3O2. The van der Waals surface area contributed by atoms with Crippen molar-refractivity contribution in [3.8, 4) is 22.6 Å². The molecule has 0 saturated carbocycles. The summed E-state index contributed by atoms with van der Waals surface area (Å²) in [5.74, 6) is 1.90. The first-order valence-electron chi connectivity index (χ1n) is 5.59. The highest BCUT2D eigenvalue weighted by molar-refractivity contribution is 5.78. The molecule has 0 unspecified atom stereocenters. The fraction of sp³-hybridized carbons (Fsp3) is 0.308. The molecule has 1 aromatic carbocycles. The number of hydrogen-bond acceptors (Lipinski definition) is 4. The zero-order chi connectivity index (χ0) is 13.3. The van der Waals surface area contributed by atoms with E-state index in [0.717, 1.165) is 16.7 Å². The average Bonchev–Trinajstić information content (AvgIpc) is 2.68. The summed E-state index contributed by atoms with van der Waals surface area (Å²) in [5.41, 5.74) is 8.86. The van der Waals surface area contributed by atoms with Crippen LogP contribution in [0.3, 0.4) is 0 Å². The summed E-state index contributed by atoms with van der Waals surface area (Å²) in [6, 6.07) is 3.85. The molecule has 0 saturated heterocycles. The predicted octanol–water partition coefficient (Wildman–Crippen LogP) is 1.99. The molecule has 0 aliphatic carbocycles. The second-order valence-electron chi connectivity index (χ2n) is 4.12. The van der Waals surface area contributed by atoms with Gasteiger partial charge in [0.2, 0.25) is 0 Å². The van der Waals surface area contributed by atoms with Crippen LogP contribution in [0.5, 0.6) is 11.5 Å². The van der Waals surface area contributed by atoms with Crippen molar-refractivity contribution in [3.63, 3.8) is 0 Å². The zero-order valence-electron chi connectivity index (χ0n) is 11.0. The molecular weight excluding hydrogens is 230 g/mol. The molecule has 0 spiro atoms. The SMILES string of the molecule is COc1cc(C)c(-c2cn(C)nc2N)cc1OC. The fourth-order valence-electron chi connectivity index (χ4n) is 1.98. The summed E-state index contributed by atoms with van der Waals surface area (Å²) >= 11 is 0. The van der Waals surface area contributed by atoms with Gasteiger partial charge in [0, 0.05) is 18.8 Å². The van der Waals surface area contributed by atoms with Crippen molar-refractivity contribution in [3.05, 3.63) is 23.9 Å². The maximum atomic E-state index is 5.90. The molecule has 5 nitrogen and oxygen atoms in total. The van der Waals surface area contributed by atoms with Gasteiger partial charge in [-0.1, -0.05) is 0 Å². The van der Waals surface area contributed by atoms with Crippen molar-refractivity contribution < 1.29 is 9.47 Å². The third kappa shape index (κ3) is 1.99. The molecule has 5 heteroatoms. The Kier molecular flexibility index (Phi) is 3.14. The van der Waals surface area contributed by atoms with Gasteiger partial charge in [0.25, 0.3) is 0 Å². The Morgan fingerprint density at radius 2 is 1.72 bits per heavy atom. The number of rotatable bonds is 3. The van der Waals surface area contributed by atoms with Crippen LogP contribution >= 0.6 is 0 Å². The molecule has 18 heavy (non-hydrogen) atoms. The number of methoxy groups -OCH3 is 2. The van der Waals surface area contributed by atoms with Gasteiger partial charge in [0.1, 0.15) is 0 Å². The Morgan fingerprint density at radius 3 is 2.22 bits per heavy atom. The van der Waals surface area contributed by atoms with E-state index in [4.69, 9.17) is 15.2 Å². The second kappa shape index (κ2) is 4.60. The second-order valence-corrected chi connectivity index (χ2v) is 4.12.